The number of hydrogen-bond donors (Lipinski definition) is 0. The van der Waals surface area contributed by atoms with Crippen molar-refractivity contribution >= 4 is 65.6 Å². The number of rotatable bonds is 5. The molecule has 0 aliphatic heterocycles. The zero-order valence-corrected chi connectivity index (χ0v) is 30.7. The normalized spacial score (nSPS) is 11.9. The molecule has 57 heavy (non-hydrogen) atoms. The Bertz CT molecular complexity index is 3450. The number of hydrogen-bond acceptors (Lipinski definition) is 3. The lowest BCUT2D eigenvalue weighted by Gasteiger charge is -2.12. The van der Waals surface area contributed by atoms with E-state index in [2.05, 4.69) is 167 Å². The van der Waals surface area contributed by atoms with Crippen molar-refractivity contribution in [3.05, 3.63) is 194 Å². The molecule has 0 unspecified atom stereocenters. The van der Waals surface area contributed by atoms with Crippen LogP contribution in [0.4, 0.5) is 0 Å². The average molecular weight is 729 g/mol. The Hall–Kier alpha value is -7.76. The van der Waals surface area contributed by atoms with E-state index in [9.17, 15) is 0 Å². The highest BCUT2D eigenvalue weighted by molar-refractivity contribution is 6.24. The summed E-state index contributed by atoms with van der Waals surface area (Å²) in [6.45, 7) is 0. The molecule has 5 heteroatoms. The Labute approximate surface area is 327 Å². The van der Waals surface area contributed by atoms with Crippen LogP contribution in [-0.2, 0) is 0 Å². The zero-order chi connectivity index (χ0) is 37.5. The van der Waals surface area contributed by atoms with Crippen molar-refractivity contribution < 1.29 is 4.42 Å². The highest BCUT2D eigenvalue weighted by Gasteiger charge is 2.23. The number of nitrogens with zero attached hydrogens (tertiary/aromatic N) is 4. The molecular formula is C52H32N4O. The summed E-state index contributed by atoms with van der Waals surface area (Å²) in [5.41, 5.74) is 13.1. The summed E-state index contributed by atoms with van der Waals surface area (Å²) >= 11 is 0. The van der Waals surface area contributed by atoms with E-state index in [-0.39, 0.29) is 0 Å². The monoisotopic (exact) mass is 728 g/mol. The van der Waals surface area contributed by atoms with Gasteiger partial charge in [0.05, 0.1) is 39.1 Å². The van der Waals surface area contributed by atoms with E-state index in [1.807, 2.05) is 36.4 Å². The van der Waals surface area contributed by atoms with Gasteiger partial charge >= 0.3 is 0 Å². The third-order valence-corrected chi connectivity index (χ3v) is 11.3. The van der Waals surface area contributed by atoms with Gasteiger partial charge in [0, 0.05) is 54.7 Å². The third kappa shape index (κ3) is 4.82. The molecule has 266 valence electrons. The van der Waals surface area contributed by atoms with Crippen LogP contribution in [0.5, 0.6) is 0 Å². The maximum atomic E-state index is 6.90. The predicted molar refractivity (Wildman–Crippen MR) is 234 cm³/mol. The largest absolute Gasteiger partial charge is 0.454 e. The molecule has 8 aromatic carbocycles. The molecule has 0 saturated carbocycles. The van der Waals surface area contributed by atoms with Crippen LogP contribution in [0.1, 0.15) is 0 Å². The topological polar surface area (TPSA) is 48.8 Å². The summed E-state index contributed by atoms with van der Waals surface area (Å²) < 4.78 is 11.7. The Morgan fingerprint density at radius 2 is 0.912 bits per heavy atom. The van der Waals surface area contributed by atoms with Gasteiger partial charge in [-0.25, -0.2) is 9.97 Å². The Morgan fingerprint density at radius 3 is 1.56 bits per heavy atom. The van der Waals surface area contributed by atoms with E-state index in [4.69, 9.17) is 14.4 Å². The first kappa shape index (κ1) is 31.6. The minimum atomic E-state index is 0.668. The highest BCUT2D eigenvalue weighted by atomic mass is 16.3. The first-order chi connectivity index (χ1) is 28.3. The van der Waals surface area contributed by atoms with Crippen LogP contribution in [0.25, 0.3) is 111 Å². The maximum absolute atomic E-state index is 6.90. The van der Waals surface area contributed by atoms with Crippen LogP contribution in [0, 0.1) is 0 Å². The van der Waals surface area contributed by atoms with Gasteiger partial charge in [0.1, 0.15) is 5.58 Å². The maximum Gasteiger partial charge on any atom is 0.160 e. The van der Waals surface area contributed by atoms with Crippen molar-refractivity contribution in [2.75, 3.05) is 0 Å². The van der Waals surface area contributed by atoms with Crippen molar-refractivity contribution in [3.63, 3.8) is 0 Å². The second-order valence-corrected chi connectivity index (χ2v) is 14.6. The summed E-state index contributed by atoms with van der Waals surface area (Å²) in [6.07, 6.45) is 0. The van der Waals surface area contributed by atoms with Gasteiger partial charge < -0.3 is 13.6 Å². The van der Waals surface area contributed by atoms with Crippen molar-refractivity contribution in [2.45, 2.75) is 0 Å². The molecule has 12 rings (SSSR count). The number of furan rings is 1. The van der Waals surface area contributed by atoms with Gasteiger partial charge in [-0.15, -0.1) is 0 Å². The van der Waals surface area contributed by atoms with E-state index in [0.717, 1.165) is 77.9 Å². The van der Waals surface area contributed by atoms with Crippen molar-refractivity contribution in [3.8, 4) is 45.3 Å². The van der Waals surface area contributed by atoms with E-state index in [0.29, 0.717) is 5.82 Å². The molecule has 0 radical (unpaired) electrons. The third-order valence-electron chi connectivity index (χ3n) is 11.3. The van der Waals surface area contributed by atoms with Gasteiger partial charge in [0.2, 0.25) is 0 Å². The van der Waals surface area contributed by atoms with Crippen LogP contribution in [0.15, 0.2) is 199 Å². The van der Waals surface area contributed by atoms with E-state index in [1.165, 1.54) is 27.1 Å². The average Bonchev–Trinajstić information content (AvgIpc) is 3.95. The standard InChI is InChI=1S/C52H32N4O/c1-4-15-33(16-5-1)43-32-44(34-17-6-2-7-18-34)54-52(53-43)35-27-30-48-42(31-35)41-23-14-26-47(51(41)57-48)56-46-25-13-11-22-38(46)40-29-28-39-37-21-10-12-24-45(37)55(49(39)50(40)56)36-19-8-3-9-20-36/h1-32H. The SMILES string of the molecule is c1ccc(-c2cc(-c3ccccc3)nc(-c3ccc4oc5c(-n6c7ccccc7c7ccc8c9ccccc9n(-c9ccccc9)c8c76)cccc5c4c3)n2)cc1. The second kappa shape index (κ2) is 12.4. The summed E-state index contributed by atoms with van der Waals surface area (Å²) in [7, 11) is 0. The van der Waals surface area contributed by atoms with Gasteiger partial charge in [-0.3, -0.25) is 0 Å². The molecule has 0 atom stereocenters. The minimum Gasteiger partial charge on any atom is -0.454 e. The van der Waals surface area contributed by atoms with Gasteiger partial charge in [-0.1, -0.05) is 140 Å². The molecule has 5 nitrogen and oxygen atoms in total. The van der Waals surface area contributed by atoms with E-state index >= 15 is 0 Å². The van der Waals surface area contributed by atoms with Crippen molar-refractivity contribution in [1.82, 2.24) is 19.1 Å². The quantitative estimate of drug-likeness (QED) is 0.177. The van der Waals surface area contributed by atoms with Gasteiger partial charge in [-0.2, -0.15) is 0 Å². The minimum absolute atomic E-state index is 0.668. The summed E-state index contributed by atoms with van der Waals surface area (Å²) in [4.78, 5) is 10.3. The second-order valence-electron chi connectivity index (χ2n) is 14.6. The Balaban J connectivity index is 1.12. The molecule has 0 fully saturated rings. The lowest BCUT2D eigenvalue weighted by atomic mass is 10.1. The number of fused-ring (bicyclic) bond motifs is 10. The number of benzene rings is 8. The van der Waals surface area contributed by atoms with Crippen molar-refractivity contribution in [1.29, 1.82) is 0 Å². The fourth-order valence-corrected chi connectivity index (χ4v) is 8.78. The fraction of sp³-hybridized carbons (Fsp3) is 0. The van der Waals surface area contributed by atoms with Crippen LogP contribution < -0.4 is 0 Å². The lowest BCUT2D eigenvalue weighted by molar-refractivity contribution is 0.666. The van der Waals surface area contributed by atoms with E-state index < -0.39 is 0 Å². The summed E-state index contributed by atoms with van der Waals surface area (Å²) in [5, 5.41) is 6.87. The smallest absolute Gasteiger partial charge is 0.160 e. The van der Waals surface area contributed by atoms with Gasteiger partial charge in [0.15, 0.2) is 11.4 Å². The van der Waals surface area contributed by atoms with Crippen LogP contribution in [0.3, 0.4) is 0 Å². The van der Waals surface area contributed by atoms with Crippen LogP contribution in [-0.4, -0.2) is 19.1 Å². The predicted octanol–water partition coefficient (Wildman–Crippen LogP) is 13.6. The molecule has 0 aliphatic carbocycles. The van der Waals surface area contributed by atoms with Crippen LogP contribution in [0.2, 0.25) is 0 Å². The molecular weight excluding hydrogens is 697 g/mol. The van der Waals surface area contributed by atoms with Gasteiger partial charge in [-0.05, 0) is 54.6 Å². The zero-order valence-electron chi connectivity index (χ0n) is 30.7. The molecule has 0 saturated heterocycles. The first-order valence-corrected chi connectivity index (χ1v) is 19.3. The lowest BCUT2D eigenvalue weighted by Crippen LogP contribution is -1.98. The number of aromatic nitrogens is 4. The molecule has 4 aromatic heterocycles. The van der Waals surface area contributed by atoms with Crippen molar-refractivity contribution in [2.24, 2.45) is 0 Å². The van der Waals surface area contributed by atoms with Gasteiger partial charge in [0.25, 0.3) is 0 Å². The van der Waals surface area contributed by atoms with E-state index in [1.54, 1.807) is 0 Å². The Morgan fingerprint density at radius 1 is 0.368 bits per heavy atom. The highest BCUT2D eigenvalue weighted by Crippen LogP contribution is 2.44. The molecule has 0 spiro atoms. The molecule has 0 bridgehead atoms. The number of para-hydroxylation sites is 4. The first-order valence-electron chi connectivity index (χ1n) is 19.3. The molecule has 12 aromatic rings. The summed E-state index contributed by atoms with van der Waals surface area (Å²) in [6, 6.07) is 68.2. The molecule has 4 heterocycles. The van der Waals surface area contributed by atoms with Crippen LogP contribution >= 0.6 is 0 Å². The molecule has 0 N–H and O–H groups in total. The molecule has 0 amide bonds. The summed E-state index contributed by atoms with van der Waals surface area (Å²) in [5.74, 6) is 0.668. The Kier molecular flexibility index (Phi) is 6.86. The molecule has 0 aliphatic rings. The fourth-order valence-electron chi connectivity index (χ4n) is 8.78.